The Morgan fingerprint density at radius 3 is 2.66 bits per heavy atom. The second-order valence-corrected chi connectivity index (χ2v) is 10.5. The highest BCUT2D eigenvalue weighted by molar-refractivity contribution is 6.31. The maximum Gasteiger partial charge on any atom is 0.150 e. The zero-order valence-electron chi connectivity index (χ0n) is 19.3. The molecule has 2 atom stereocenters. The van der Waals surface area contributed by atoms with Gasteiger partial charge in [-0.15, -0.1) is 0 Å². The van der Waals surface area contributed by atoms with E-state index in [1.165, 1.54) is 31.2 Å². The van der Waals surface area contributed by atoms with Gasteiger partial charge in [0.25, 0.3) is 0 Å². The number of hydrogen-bond donors (Lipinski definition) is 1. The van der Waals surface area contributed by atoms with Gasteiger partial charge in [-0.05, 0) is 62.5 Å². The summed E-state index contributed by atoms with van der Waals surface area (Å²) in [7, 11) is 0. The number of aromatic nitrogens is 2. The Balaban J connectivity index is 1.62. The van der Waals surface area contributed by atoms with E-state index in [0.717, 1.165) is 80.1 Å². The van der Waals surface area contributed by atoms with E-state index in [1.807, 2.05) is 0 Å². The summed E-state index contributed by atoms with van der Waals surface area (Å²) in [5.74, 6) is 2.01. The van der Waals surface area contributed by atoms with Gasteiger partial charge in [0.1, 0.15) is 17.5 Å². The fraction of sp³-hybridized carbons (Fsp3) is 0.615. The molecule has 1 aromatic carbocycles. The molecule has 2 heterocycles. The quantitative estimate of drug-likeness (QED) is 0.553. The lowest BCUT2D eigenvalue weighted by Crippen LogP contribution is -2.40. The van der Waals surface area contributed by atoms with Gasteiger partial charge in [-0.25, -0.2) is 14.4 Å². The van der Waals surface area contributed by atoms with Crippen molar-refractivity contribution in [2.75, 3.05) is 23.7 Å². The summed E-state index contributed by atoms with van der Waals surface area (Å²) in [4.78, 5) is 12.5. The molecule has 1 saturated heterocycles. The van der Waals surface area contributed by atoms with E-state index in [4.69, 9.17) is 27.3 Å². The molecular formula is C26H34ClFN4. The van der Waals surface area contributed by atoms with Gasteiger partial charge in [0.2, 0.25) is 0 Å². The summed E-state index contributed by atoms with van der Waals surface area (Å²) >= 11 is 6.63. The number of nitrogens with two attached hydrogens (primary N) is 1. The Kier molecular flexibility index (Phi) is 5.81. The zero-order chi connectivity index (χ0) is 22.5. The van der Waals surface area contributed by atoms with Gasteiger partial charge in [-0.1, -0.05) is 38.3 Å². The second kappa shape index (κ2) is 8.48. The predicted molar refractivity (Wildman–Crippen MR) is 129 cm³/mol. The van der Waals surface area contributed by atoms with Crippen LogP contribution in [0.5, 0.6) is 0 Å². The minimum absolute atomic E-state index is 0.162. The van der Waals surface area contributed by atoms with Crippen LogP contribution in [0.2, 0.25) is 5.02 Å². The number of nitrogens with zero attached hydrogens (tertiary/aromatic N) is 3. The maximum atomic E-state index is 15.6. The lowest BCUT2D eigenvalue weighted by molar-refractivity contribution is 0.287. The van der Waals surface area contributed by atoms with Crippen LogP contribution in [0.25, 0.3) is 0 Å². The average molecular weight is 457 g/mol. The summed E-state index contributed by atoms with van der Waals surface area (Å²) in [6, 6.07) is 1.59. The molecule has 32 heavy (non-hydrogen) atoms. The Morgan fingerprint density at radius 2 is 1.94 bits per heavy atom. The normalized spacial score (nSPS) is 25.4. The first-order chi connectivity index (χ1) is 15.4. The molecule has 3 aliphatic rings. The van der Waals surface area contributed by atoms with E-state index in [2.05, 4.69) is 18.7 Å². The van der Waals surface area contributed by atoms with Gasteiger partial charge >= 0.3 is 0 Å². The van der Waals surface area contributed by atoms with Gasteiger partial charge < -0.3 is 10.6 Å². The molecule has 4 nitrogen and oxygen atoms in total. The number of hydrogen-bond acceptors (Lipinski definition) is 4. The molecule has 2 N–H and O–H groups in total. The predicted octanol–water partition coefficient (Wildman–Crippen LogP) is 6.12. The van der Waals surface area contributed by atoms with Crippen molar-refractivity contribution in [2.45, 2.75) is 89.4 Å². The topological polar surface area (TPSA) is 55.0 Å². The van der Waals surface area contributed by atoms with Crippen molar-refractivity contribution in [1.29, 1.82) is 0 Å². The minimum atomic E-state index is -0.284. The fourth-order valence-corrected chi connectivity index (χ4v) is 6.69. The molecule has 1 spiro atoms. The molecule has 6 heteroatoms. The van der Waals surface area contributed by atoms with Crippen LogP contribution in [0.3, 0.4) is 0 Å². The van der Waals surface area contributed by atoms with E-state index < -0.39 is 0 Å². The molecule has 2 unspecified atom stereocenters. The highest BCUT2D eigenvalue weighted by atomic mass is 35.5. The number of fused-ring (bicyclic) bond motifs is 3. The Bertz CT molecular complexity index is 1030. The van der Waals surface area contributed by atoms with Crippen molar-refractivity contribution in [3.8, 4) is 0 Å². The Labute approximate surface area is 195 Å². The van der Waals surface area contributed by atoms with E-state index >= 15 is 4.39 Å². The molecule has 0 amide bonds. The number of halogens is 2. The van der Waals surface area contributed by atoms with Crippen LogP contribution in [0.15, 0.2) is 6.07 Å². The second-order valence-electron chi connectivity index (χ2n) is 10.1. The van der Waals surface area contributed by atoms with E-state index in [0.29, 0.717) is 5.02 Å². The summed E-state index contributed by atoms with van der Waals surface area (Å²) in [5.41, 5.74) is 10.1. The SMILES string of the molecule is CCc1nc2c(c(N3CCCCCC3)n1)CCC1(CCC(C)c3c(Cl)cc(N)c(F)c31)C2. The first kappa shape index (κ1) is 21.9. The molecular weight excluding hydrogens is 423 g/mol. The van der Waals surface area contributed by atoms with Crippen molar-refractivity contribution in [1.82, 2.24) is 9.97 Å². The molecule has 1 aliphatic heterocycles. The lowest BCUT2D eigenvalue weighted by Gasteiger charge is -2.45. The van der Waals surface area contributed by atoms with Crippen molar-refractivity contribution < 1.29 is 4.39 Å². The number of anilines is 2. The first-order valence-corrected chi connectivity index (χ1v) is 12.7. The summed E-state index contributed by atoms with van der Waals surface area (Å²) in [5, 5.41) is 0.610. The van der Waals surface area contributed by atoms with Gasteiger partial charge in [0, 0.05) is 41.1 Å². The third-order valence-corrected chi connectivity index (χ3v) is 8.37. The summed E-state index contributed by atoms with van der Waals surface area (Å²) in [6.45, 7) is 6.40. The molecule has 1 fully saturated rings. The van der Waals surface area contributed by atoms with Gasteiger partial charge in [-0.2, -0.15) is 0 Å². The summed E-state index contributed by atoms with van der Waals surface area (Å²) < 4.78 is 15.6. The molecule has 1 aromatic heterocycles. The van der Waals surface area contributed by atoms with Crippen molar-refractivity contribution in [3.05, 3.63) is 45.1 Å². The van der Waals surface area contributed by atoms with Crippen LogP contribution in [0.4, 0.5) is 15.9 Å². The fourth-order valence-electron chi connectivity index (χ4n) is 6.29. The first-order valence-electron chi connectivity index (χ1n) is 12.3. The Morgan fingerprint density at radius 1 is 1.19 bits per heavy atom. The number of rotatable bonds is 2. The van der Waals surface area contributed by atoms with Gasteiger partial charge in [0.15, 0.2) is 0 Å². The lowest BCUT2D eigenvalue weighted by atomic mass is 9.60. The van der Waals surface area contributed by atoms with E-state index in [9.17, 15) is 0 Å². The van der Waals surface area contributed by atoms with Gasteiger partial charge in [-0.3, -0.25) is 0 Å². The van der Waals surface area contributed by atoms with Crippen LogP contribution in [0.1, 0.15) is 92.9 Å². The monoisotopic (exact) mass is 456 g/mol. The third kappa shape index (κ3) is 3.57. The van der Waals surface area contributed by atoms with Crippen LogP contribution in [-0.2, 0) is 24.7 Å². The highest BCUT2D eigenvalue weighted by Crippen LogP contribution is 2.53. The third-order valence-electron chi connectivity index (χ3n) is 8.06. The van der Waals surface area contributed by atoms with Crippen LogP contribution >= 0.6 is 11.6 Å². The van der Waals surface area contributed by atoms with Crippen LogP contribution < -0.4 is 10.6 Å². The molecule has 172 valence electrons. The summed E-state index contributed by atoms with van der Waals surface area (Å²) in [6.07, 6.45) is 10.3. The van der Waals surface area contributed by atoms with Crippen molar-refractivity contribution in [2.24, 2.45) is 0 Å². The van der Waals surface area contributed by atoms with Crippen LogP contribution in [-0.4, -0.2) is 23.1 Å². The molecule has 0 bridgehead atoms. The Hall–Kier alpha value is -1.88. The van der Waals surface area contributed by atoms with Crippen molar-refractivity contribution in [3.63, 3.8) is 0 Å². The molecule has 0 radical (unpaired) electrons. The number of benzene rings is 1. The van der Waals surface area contributed by atoms with Crippen molar-refractivity contribution >= 4 is 23.1 Å². The number of nitrogen functional groups attached to an aromatic ring is 1. The minimum Gasteiger partial charge on any atom is -0.396 e. The van der Waals surface area contributed by atoms with E-state index in [1.54, 1.807) is 6.07 Å². The highest BCUT2D eigenvalue weighted by Gasteiger charge is 2.45. The molecule has 2 aromatic rings. The van der Waals surface area contributed by atoms with Gasteiger partial charge in [0.05, 0.1) is 11.4 Å². The number of aryl methyl sites for hydroxylation is 1. The molecule has 5 rings (SSSR count). The van der Waals surface area contributed by atoms with Crippen LogP contribution in [0, 0.1) is 5.82 Å². The maximum absolute atomic E-state index is 15.6. The largest absolute Gasteiger partial charge is 0.396 e. The molecule has 0 saturated carbocycles. The zero-order valence-corrected chi connectivity index (χ0v) is 20.1. The molecule has 2 aliphatic carbocycles. The average Bonchev–Trinajstić information content (AvgIpc) is 3.07. The van der Waals surface area contributed by atoms with E-state index in [-0.39, 0.29) is 22.8 Å². The standard InChI is InChI=1S/C26H34ClFN4/c1-3-21-30-20-15-26(10-8-16(2)22-18(27)14-19(29)24(28)23(22)26)11-9-17(20)25(31-21)32-12-6-4-5-7-13-32/h14,16H,3-13,15,29H2,1-2H3. The smallest absolute Gasteiger partial charge is 0.150 e.